The molecule has 0 aliphatic carbocycles. The zero-order valence-electron chi connectivity index (χ0n) is 13.9. The lowest BCUT2D eigenvalue weighted by atomic mass is 9.92. The first-order valence-corrected chi connectivity index (χ1v) is 9.84. The Balaban J connectivity index is 1.57. The maximum absolute atomic E-state index is 12.4. The maximum Gasteiger partial charge on any atom is 0.240 e. The fourth-order valence-electron chi connectivity index (χ4n) is 3.71. The second kappa shape index (κ2) is 6.89. The molecule has 2 atom stereocenters. The van der Waals surface area contributed by atoms with Gasteiger partial charge in [-0.25, -0.2) is 13.1 Å². The van der Waals surface area contributed by atoms with Crippen LogP contribution in [0.25, 0.3) is 0 Å². The molecule has 1 aromatic carbocycles. The van der Waals surface area contributed by atoms with Crippen LogP contribution in [0.4, 0.5) is 0 Å². The second-order valence-electron chi connectivity index (χ2n) is 7.03. The van der Waals surface area contributed by atoms with Crippen LogP contribution in [0.15, 0.2) is 23.1 Å². The van der Waals surface area contributed by atoms with E-state index >= 15 is 0 Å². The Labute approximate surface area is 139 Å². The van der Waals surface area contributed by atoms with Crippen molar-refractivity contribution in [3.8, 4) is 0 Å². The van der Waals surface area contributed by atoms with Crippen molar-refractivity contribution < 1.29 is 13.2 Å². The molecule has 5 nitrogen and oxygen atoms in total. The Morgan fingerprint density at radius 3 is 2.61 bits per heavy atom. The lowest BCUT2D eigenvalue weighted by Crippen LogP contribution is -2.42. The Bertz CT molecular complexity index is 650. The Kier molecular flexibility index (Phi) is 5.06. The van der Waals surface area contributed by atoms with Crippen LogP contribution in [-0.4, -0.2) is 39.5 Å². The molecule has 1 fully saturated rings. The van der Waals surface area contributed by atoms with Crippen LogP contribution in [0.1, 0.15) is 31.4 Å². The molecule has 2 heterocycles. The van der Waals surface area contributed by atoms with Crippen LogP contribution in [0.3, 0.4) is 0 Å². The molecule has 1 saturated heterocycles. The van der Waals surface area contributed by atoms with E-state index in [-0.39, 0.29) is 0 Å². The minimum atomic E-state index is -3.44. The van der Waals surface area contributed by atoms with Crippen molar-refractivity contribution in [3.05, 3.63) is 29.3 Å². The zero-order chi connectivity index (χ0) is 16.4. The first kappa shape index (κ1) is 16.9. The van der Waals surface area contributed by atoms with Crippen LogP contribution in [0.2, 0.25) is 0 Å². The van der Waals surface area contributed by atoms with Crippen LogP contribution >= 0.6 is 0 Å². The standard InChI is InChI=1S/C17H26N2O3S/c1-13-7-14(2)10-19(9-13)6-5-18-23(20,21)17-4-3-15-11-22-12-16(15)8-17/h3-4,8,13-14,18H,5-7,9-12H2,1-2H3/t13-,14+. The van der Waals surface area contributed by atoms with Crippen LogP contribution in [0.5, 0.6) is 0 Å². The van der Waals surface area contributed by atoms with E-state index in [4.69, 9.17) is 4.74 Å². The summed E-state index contributed by atoms with van der Waals surface area (Å²) in [6.45, 7) is 8.94. The summed E-state index contributed by atoms with van der Waals surface area (Å²) in [6, 6.07) is 5.25. The lowest BCUT2D eigenvalue weighted by Gasteiger charge is -2.34. The molecule has 2 aliphatic rings. The number of sulfonamides is 1. The highest BCUT2D eigenvalue weighted by Crippen LogP contribution is 2.23. The molecule has 0 radical (unpaired) electrons. The van der Waals surface area contributed by atoms with Gasteiger partial charge in [-0.3, -0.25) is 0 Å². The predicted octanol–water partition coefficient (Wildman–Crippen LogP) is 1.97. The summed E-state index contributed by atoms with van der Waals surface area (Å²) in [5.41, 5.74) is 2.06. The summed E-state index contributed by atoms with van der Waals surface area (Å²) in [5, 5.41) is 0. The molecule has 0 spiro atoms. The molecule has 0 saturated carbocycles. The van der Waals surface area contributed by atoms with Crippen LogP contribution in [0, 0.1) is 11.8 Å². The number of rotatable bonds is 5. The summed E-state index contributed by atoms with van der Waals surface area (Å²) in [6.07, 6.45) is 1.26. The lowest BCUT2D eigenvalue weighted by molar-refractivity contribution is 0.134. The highest BCUT2D eigenvalue weighted by molar-refractivity contribution is 7.89. The number of hydrogen-bond acceptors (Lipinski definition) is 4. The van der Waals surface area contributed by atoms with Crippen molar-refractivity contribution in [1.82, 2.24) is 9.62 Å². The summed E-state index contributed by atoms with van der Waals surface area (Å²) < 4.78 is 32.9. The molecule has 2 aliphatic heterocycles. The molecule has 0 unspecified atom stereocenters. The molecule has 1 N–H and O–H groups in total. The third-order valence-electron chi connectivity index (χ3n) is 4.67. The number of likely N-dealkylation sites (tertiary alicyclic amines) is 1. The highest BCUT2D eigenvalue weighted by Gasteiger charge is 2.22. The summed E-state index contributed by atoms with van der Waals surface area (Å²) >= 11 is 0. The number of ether oxygens (including phenoxy) is 1. The van der Waals surface area contributed by atoms with Gasteiger partial charge in [0, 0.05) is 26.2 Å². The van der Waals surface area contributed by atoms with E-state index in [0.717, 1.165) is 30.8 Å². The fraction of sp³-hybridized carbons (Fsp3) is 0.647. The van der Waals surface area contributed by atoms with Crippen molar-refractivity contribution in [3.63, 3.8) is 0 Å². The number of nitrogens with one attached hydrogen (secondary N) is 1. The number of fused-ring (bicyclic) bond motifs is 1. The Morgan fingerprint density at radius 1 is 1.17 bits per heavy atom. The Morgan fingerprint density at radius 2 is 1.87 bits per heavy atom. The third kappa shape index (κ3) is 4.12. The van der Waals surface area contributed by atoms with Gasteiger partial charge in [0.25, 0.3) is 0 Å². The quantitative estimate of drug-likeness (QED) is 0.892. The van der Waals surface area contributed by atoms with E-state index in [1.807, 2.05) is 6.07 Å². The van der Waals surface area contributed by atoms with Gasteiger partial charge in [0.15, 0.2) is 0 Å². The molecule has 6 heteroatoms. The van der Waals surface area contributed by atoms with Crippen LogP contribution in [-0.2, 0) is 28.0 Å². The molecular weight excluding hydrogens is 312 g/mol. The fourth-order valence-corrected chi connectivity index (χ4v) is 4.78. The van der Waals surface area contributed by atoms with E-state index in [2.05, 4.69) is 23.5 Å². The van der Waals surface area contributed by atoms with Crippen molar-refractivity contribution in [2.24, 2.45) is 11.8 Å². The minimum absolute atomic E-state index is 0.335. The van der Waals surface area contributed by atoms with E-state index < -0.39 is 10.0 Å². The number of hydrogen-bond donors (Lipinski definition) is 1. The molecule has 128 valence electrons. The average molecular weight is 338 g/mol. The second-order valence-corrected chi connectivity index (χ2v) is 8.79. The Hall–Kier alpha value is -0.950. The van der Waals surface area contributed by atoms with Gasteiger partial charge in [-0.15, -0.1) is 0 Å². The molecule has 0 bridgehead atoms. The van der Waals surface area contributed by atoms with Gasteiger partial charge in [0.2, 0.25) is 10.0 Å². The van der Waals surface area contributed by atoms with Gasteiger partial charge in [0.1, 0.15) is 0 Å². The summed E-state index contributed by atoms with van der Waals surface area (Å²) in [7, 11) is -3.44. The summed E-state index contributed by atoms with van der Waals surface area (Å²) in [5.74, 6) is 1.37. The topological polar surface area (TPSA) is 58.6 Å². The van der Waals surface area contributed by atoms with Gasteiger partial charge in [0.05, 0.1) is 18.1 Å². The van der Waals surface area contributed by atoms with Gasteiger partial charge in [-0.1, -0.05) is 19.9 Å². The molecule has 23 heavy (non-hydrogen) atoms. The van der Waals surface area contributed by atoms with Crippen molar-refractivity contribution in [1.29, 1.82) is 0 Å². The van der Waals surface area contributed by atoms with Crippen molar-refractivity contribution in [2.75, 3.05) is 26.2 Å². The monoisotopic (exact) mass is 338 g/mol. The molecule has 3 rings (SSSR count). The van der Waals surface area contributed by atoms with Gasteiger partial charge < -0.3 is 9.64 Å². The normalized spacial score (nSPS) is 25.5. The van der Waals surface area contributed by atoms with Crippen LogP contribution < -0.4 is 4.72 Å². The number of nitrogens with zero attached hydrogens (tertiary/aromatic N) is 1. The first-order valence-electron chi connectivity index (χ1n) is 8.35. The number of piperidine rings is 1. The third-order valence-corrected chi connectivity index (χ3v) is 6.13. The first-order chi connectivity index (χ1) is 10.9. The molecule has 1 aromatic rings. The van der Waals surface area contributed by atoms with Crippen molar-refractivity contribution in [2.45, 2.75) is 38.4 Å². The summed E-state index contributed by atoms with van der Waals surface area (Å²) in [4.78, 5) is 2.69. The number of benzene rings is 1. The molecular formula is C17H26N2O3S. The minimum Gasteiger partial charge on any atom is -0.372 e. The van der Waals surface area contributed by atoms with E-state index in [1.165, 1.54) is 6.42 Å². The van der Waals surface area contributed by atoms with E-state index in [9.17, 15) is 8.42 Å². The van der Waals surface area contributed by atoms with Crippen molar-refractivity contribution >= 4 is 10.0 Å². The zero-order valence-corrected chi connectivity index (χ0v) is 14.7. The van der Waals surface area contributed by atoms with Gasteiger partial charge in [-0.05, 0) is 41.5 Å². The largest absolute Gasteiger partial charge is 0.372 e. The predicted molar refractivity (Wildman–Crippen MR) is 89.5 cm³/mol. The smallest absolute Gasteiger partial charge is 0.240 e. The van der Waals surface area contributed by atoms with Gasteiger partial charge in [-0.2, -0.15) is 0 Å². The molecule has 0 amide bonds. The average Bonchev–Trinajstić information content (AvgIpc) is 2.93. The van der Waals surface area contributed by atoms with E-state index in [1.54, 1.807) is 12.1 Å². The molecule has 0 aromatic heterocycles. The van der Waals surface area contributed by atoms with E-state index in [0.29, 0.717) is 36.5 Å². The SMILES string of the molecule is C[C@@H]1C[C@H](C)CN(CCNS(=O)(=O)c2ccc3c(c2)COC3)C1. The maximum atomic E-state index is 12.4. The van der Waals surface area contributed by atoms with Gasteiger partial charge >= 0.3 is 0 Å². The highest BCUT2D eigenvalue weighted by atomic mass is 32.2.